The molecule has 0 saturated heterocycles. The molecule has 2 aromatic rings. The summed E-state index contributed by atoms with van der Waals surface area (Å²) in [7, 11) is 0. The van der Waals surface area contributed by atoms with Crippen LogP contribution in [0.3, 0.4) is 0 Å². The van der Waals surface area contributed by atoms with E-state index in [2.05, 4.69) is 10.2 Å². The third-order valence-electron chi connectivity index (χ3n) is 2.78. The van der Waals surface area contributed by atoms with Gasteiger partial charge in [0, 0.05) is 6.42 Å². The monoisotopic (exact) mass is 329 g/mol. The molecule has 1 unspecified atom stereocenters. The average molecular weight is 329 g/mol. The van der Waals surface area contributed by atoms with Crippen LogP contribution in [0.4, 0.5) is 11.4 Å². The number of carbonyl (C=O) groups is 2. The molecule has 7 heteroatoms. The van der Waals surface area contributed by atoms with E-state index in [0.29, 0.717) is 0 Å². The maximum absolute atomic E-state index is 9.99. The molecule has 0 spiro atoms. The molecule has 0 aliphatic carbocycles. The Hall–Kier alpha value is -3.06. The molecule has 0 amide bonds. The average Bonchev–Trinajstić information content (AvgIpc) is 2.60. The summed E-state index contributed by atoms with van der Waals surface area (Å²) < 4.78 is 0. The van der Waals surface area contributed by atoms with Gasteiger partial charge in [0.2, 0.25) is 0 Å². The second-order valence-electron chi connectivity index (χ2n) is 4.75. The first-order valence-electron chi connectivity index (χ1n) is 7.21. The highest BCUT2D eigenvalue weighted by Gasteiger charge is 2.12. The topological polar surface area (TPSA) is 125 Å². The summed E-state index contributed by atoms with van der Waals surface area (Å²) in [6.45, 7) is 0. The van der Waals surface area contributed by atoms with E-state index in [-0.39, 0.29) is 12.8 Å². The van der Waals surface area contributed by atoms with Crippen molar-refractivity contribution in [1.29, 1.82) is 0 Å². The number of aliphatic carboxylic acids is 2. The fourth-order valence-electron chi connectivity index (χ4n) is 1.51. The third-order valence-corrected chi connectivity index (χ3v) is 2.78. The van der Waals surface area contributed by atoms with Crippen LogP contribution in [0, 0.1) is 0 Å². The van der Waals surface area contributed by atoms with Crippen molar-refractivity contribution in [3.63, 3.8) is 0 Å². The number of benzene rings is 2. The molecule has 0 heterocycles. The minimum absolute atomic E-state index is 0.0231. The molecule has 0 aromatic heterocycles. The van der Waals surface area contributed by atoms with Crippen molar-refractivity contribution >= 4 is 23.3 Å². The number of azo groups is 1. The van der Waals surface area contributed by atoms with Gasteiger partial charge in [-0.25, -0.2) is 0 Å². The Bertz CT molecular complexity index is 619. The summed E-state index contributed by atoms with van der Waals surface area (Å²) in [6, 6.07) is 18.3. The number of nitrogens with two attached hydrogens (primary N) is 1. The van der Waals surface area contributed by atoms with E-state index in [1.807, 2.05) is 60.7 Å². The molecule has 0 aliphatic rings. The van der Waals surface area contributed by atoms with E-state index in [9.17, 15) is 9.59 Å². The molecular formula is C17H19N3O4. The van der Waals surface area contributed by atoms with E-state index in [4.69, 9.17) is 15.9 Å². The largest absolute Gasteiger partial charge is 0.481 e. The highest BCUT2D eigenvalue weighted by Crippen LogP contribution is 2.16. The lowest BCUT2D eigenvalue weighted by atomic mass is 10.2. The third kappa shape index (κ3) is 8.40. The first kappa shape index (κ1) is 19.0. The van der Waals surface area contributed by atoms with Crippen LogP contribution in [0.2, 0.25) is 0 Å². The van der Waals surface area contributed by atoms with Crippen LogP contribution >= 0.6 is 0 Å². The minimum atomic E-state index is -1.17. The van der Waals surface area contributed by atoms with Gasteiger partial charge in [0.25, 0.3) is 0 Å². The number of rotatable bonds is 6. The van der Waals surface area contributed by atoms with Crippen LogP contribution in [0.5, 0.6) is 0 Å². The molecular weight excluding hydrogens is 310 g/mol. The number of hydrogen-bond acceptors (Lipinski definition) is 5. The van der Waals surface area contributed by atoms with Gasteiger partial charge < -0.3 is 15.9 Å². The summed E-state index contributed by atoms with van der Waals surface area (Å²) in [5.74, 6) is -2.20. The Kier molecular flexibility index (Phi) is 8.41. The van der Waals surface area contributed by atoms with Crippen LogP contribution in [0.1, 0.15) is 12.8 Å². The number of carboxylic acid groups (broad SMARTS) is 2. The SMILES string of the molecule is NC(CCC(=O)O)C(=O)O.c1ccc(N=Nc2ccccc2)cc1. The molecule has 0 bridgehead atoms. The van der Waals surface area contributed by atoms with Crippen molar-refractivity contribution in [2.75, 3.05) is 0 Å². The first-order chi connectivity index (χ1) is 11.5. The Morgan fingerprint density at radius 3 is 1.62 bits per heavy atom. The highest BCUT2D eigenvalue weighted by atomic mass is 16.4. The van der Waals surface area contributed by atoms with Crippen LogP contribution in [0.25, 0.3) is 0 Å². The standard InChI is InChI=1S/C12H10N2.C5H9NO4/c1-3-7-11(8-4-1)13-14-12-9-5-2-6-10-12;6-3(5(9)10)1-2-4(7)8/h1-10H;3H,1-2,6H2,(H,7,8)(H,9,10). The summed E-state index contributed by atoms with van der Waals surface area (Å²) >= 11 is 0. The Balaban J connectivity index is 0.000000257. The lowest BCUT2D eigenvalue weighted by Crippen LogP contribution is -2.30. The Labute approximate surface area is 139 Å². The van der Waals surface area contributed by atoms with Gasteiger partial charge in [0.15, 0.2) is 0 Å². The van der Waals surface area contributed by atoms with Crippen molar-refractivity contribution < 1.29 is 19.8 Å². The molecule has 0 fully saturated rings. The molecule has 1 atom stereocenters. The minimum Gasteiger partial charge on any atom is -0.481 e. The predicted octanol–water partition coefficient (Wildman–Crippen LogP) is 3.37. The Morgan fingerprint density at radius 2 is 1.29 bits per heavy atom. The molecule has 0 aliphatic heterocycles. The zero-order valence-corrected chi connectivity index (χ0v) is 12.9. The molecule has 4 N–H and O–H groups in total. The molecule has 7 nitrogen and oxygen atoms in total. The van der Waals surface area contributed by atoms with Crippen LogP contribution in [0.15, 0.2) is 70.9 Å². The molecule has 0 radical (unpaired) electrons. The van der Waals surface area contributed by atoms with Crippen LogP contribution in [-0.4, -0.2) is 28.2 Å². The number of carboxylic acids is 2. The van der Waals surface area contributed by atoms with Gasteiger partial charge in [-0.05, 0) is 30.7 Å². The zero-order valence-electron chi connectivity index (χ0n) is 12.9. The van der Waals surface area contributed by atoms with Crippen molar-refractivity contribution in [2.45, 2.75) is 18.9 Å². The van der Waals surface area contributed by atoms with Gasteiger partial charge in [-0.3, -0.25) is 9.59 Å². The fraction of sp³-hybridized carbons (Fsp3) is 0.176. The van der Waals surface area contributed by atoms with Crippen molar-refractivity contribution in [1.82, 2.24) is 0 Å². The summed E-state index contributed by atoms with van der Waals surface area (Å²) in [4.78, 5) is 19.9. The lowest BCUT2D eigenvalue weighted by Gasteiger charge is -2.01. The predicted molar refractivity (Wildman–Crippen MR) is 89.5 cm³/mol. The normalized spacial score (nSPS) is 11.4. The van der Waals surface area contributed by atoms with E-state index in [1.165, 1.54) is 0 Å². The zero-order chi connectivity index (χ0) is 17.8. The van der Waals surface area contributed by atoms with E-state index in [1.54, 1.807) is 0 Å². The summed E-state index contributed by atoms with van der Waals surface area (Å²) in [5.41, 5.74) is 6.75. The molecule has 0 saturated carbocycles. The quantitative estimate of drug-likeness (QED) is 0.701. The number of nitrogens with zero attached hydrogens (tertiary/aromatic N) is 2. The maximum atomic E-state index is 9.99. The fourth-order valence-corrected chi connectivity index (χ4v) is 1.51. The highest BCUT2D eigenvalue weighted by molar-refractivity contribution is 5.74. The van der Waals surface area contributed by atoms with Gasteiger partial charge in [-0.2, -0.15) is 10.2 Å². The summed E-state index contributed by atoms with van der Waals surface area (Å²) in [5, 5.41) is 24.5. The second kappa shape index (κ2) is 10.6. The van der Waals surface area contributed by atoms with Crippen molar-refractivity contribution in [2.24, 2.45) is 16.0 Å². The van der Waals surface area contributed by atoms with Gasteiger partial charge in [-0.1, -0.05) is 36.4 Å². The lowest BCUT2D eigenvalue weighted by molar-refractivity contribution is -0.139. The number of hydrogen-bond donors (Lipinski definition) is 3. The van der Waals surface area contributed by atoms with E-state index in [0.717, 1.165) is 11.4 Å². The van der Waals surface area contributed by atoms with Gasteiger partial charge >= 0.3 is 11.9 Å². The van der Waals surface area contributed by atoms with Crippen molar-refractivity contribution in [3.8, 4) is 0 Å². The smallest absolute Gasteiger partial charge is 0.320 e. The maximum Gasteiger partial charge on any atom is 0.320 e. The first-order valence-corrected chi connectivity index (χ1v) is 7.21. The summed E-state index contributed by atoms with van der Waals surface area (Å²) in [6.07, 6.45) is -0.224. The van der Waals surface area contributed by atoms with E-state index < -0.39 is 18.0 Å². The molecule has 24 heavy (non-hydrogen) atoms. The van der Waals surface area contributed by atoms with Crippen molar-refractivity contribution in [3.05, 3.63) is 60.7 Å². The Morgan fingerprint density at radius 1 is 0.875 bits per heavy atom. The molecule has 126 valence electrons. The van der Waals surface area contributed by atoms with Gasteiger partial charge in [0.05, 0.1) is 11.4 Å². The molecule has 2 rings (SSSR count). The van der Waals surface area contributed by atoms with E-state index >= 15 is 0 Å². The van der Waals surface area contributed by atoms with Gasteiger partial charge in [-0.15, -0.1) is 0 Å². The molecule has 2 aromatic carbocycles. The second-order valence-corrected chi connectivity index (χ2v) is 4.75. The van der Waals surface area contributed by atoms with Crippen LogP contribution < -0.4 is 5.73 Å². The van der Waals surface area contributed by atoms with Crippen LogP contribution in [-0.2, 0) is 9.59 Å². The van der Waals surface area contributed by atoms with Gasteiger partial charge in [0.1, 0.15) is 6.04 Å².